The Morgan fingerprint density at radius 1 is 1.56 bits per heavy atom. The van der Waals surface area contributed by atoms with Crippen LogP contribution in [0.1, 0.15) is 20.8 Å². The van der Waals surface area contributed by atoms with Crippen LogP contribution >= 0.6 is 0 Å². The van der Waals surface area contributed by atoms with E-state index in [1.807, 2.05) is 19.9 Å². The minimum absolute atomic E-state index is 0.0148. The monoisotopic (exact) mass is 223 g/mol. The summed E-state index contributed by atoms with van der Waals surface area (Å²) in [7, 11) is 1.47. The van der Waals surface area contributed by atoms with Gasteiger partial charge in [-0.25, -0.2) is 0 Å². The predicted molar refractivity (Wildman–Crippen MR) is 58.1 cm³/mol. The van der Waals surface area contributed by atoms with Crippen LogP contribution in [0.15, 0.2) is 11.6 Å². The number of carbonyl (C=O) groups is 1. The first kappa shape index (κ1) is 12.7. The summed E-state index contributed by atoms with van der Waals surface area (Å²) in [4.78, 5) is 11.6. The number of allylic oxidation sites excluding steroid dienone is 2. The molecule has 1 saturated carbocycles. The van der Waals surface area contributed by atoms with Gasteiger partial charge in [0, 0.05) is 12.7 Å². The van der Waals surface area contributed by atoms with Crippen LogP contribution in [-0.4, -0.2) is 19.9 Å². The summed E-state index contributed by atoms with van der Waals surface area (Å²) in [5.74, 6) is -0.318. The quantitative estimate of drug-likeness (QED) is 0.415. The van der Waals surface area contributed by atoms with E-state index < -0.39 is 0 Å². The average Bonchev–Trinajstić information content (AvgIpc) is 2.77. The van der Waals surface area contributed by atoms with Gasteiger partial charge in [0.2, 0.25) is 0 Å². The number of ether oxygens (including phenoxy) is 2. The largest absolute Gasteiger partial charge is 0.438 e. The summed E-state index contributed by atoms with van der Waals surface area (Å²) < 4.78 is 9.61. The van der Waals surface area contributed by atoms with Gasteiger partial charge in [0.25, 0.3) is 0 Å². The van der Waals surface area contributed by atoms with Gasteiger partial charge in [-0.3, -0.25) is 4.79 Å². The van der Waals surface area contributed by atoms with Crippen LogP contribution < -0.4 is 0 Å². The summed E-state index contributed by atoms with van der Waals surface area (Å²) in [6.07, 6.45) is 1.85. The second kappa shape index (κ2) is 4.67. The van der Waals surface area contributed by atoms with Crippen molar-refractivity contribution in [2.45, 2.75) is 20.8 Å². The third-order valence-electron chi connectivity index (χ3n) is 3.09. The fourth-order valence-corrected chi connectivity index (χ4v) is 1.95. The molecule has 0 N–H and O–H groups in total. The maximum atomic E-state index is 11.6. The fraction of sp³-hybridized carbons (Fsp3) is 0.667. The Kier molecular flexibility index (Phi) is 3.71. The van der Waals surface area contributed by atoms with Crippen LogP contribution in [0.3, 0.4) is 0 Å². The van der Waals surface area contributed by atoms with Crippen molar-refractivity contribution in [1.29, 1.82) is 5.26 Å². The third kappa shape index (κ3) is 2.42. The van der Waals surface area contributed by atoms with Crippen molar-refractivity contribution in [2.75, 3.05) is 13.9 Å². The second-order valence-corrected chi connectivity index (χ2v) is 4.66. The molecule has 1 rings (SSSR count). The number of rotatable bonds is 4. The molecule has 16 heavy (non-hydrogen) atoms. The van der Waals surface area contributed by atoms with Crippen molar-refractivity contribution in [2.24, 2.45) is 17.3 Å². The van der Waals surface area contributed by atoms with Crippen LogP contribution in [-0.2, 0) is 14.3 Å². The first-order valence-corrected chi connectivity index (χ1v) is 5.19. The third-order valence-corrected chi connectivity index (χ3v) is 3.09. The molecule has 0 aromatic heterocycles. The molecule has 0 spiro atoms. The maximum absolute atomic E-state index is 11.6. The maximum Gasteiger partial charge on any atom is 0.312 e. The second-order valence-electron chi connectivity index (χ2n) is 4.66. The van der Waals surface area contributed by atoms with Gasteiger partial charge >= 0.3 is 5.97 Å². The minimum atomic E-state index is -0.251. The Labute approximate surface area is 95.8 Å². The summed E-state index contributed by atoms with van der Waals surface area (Å²) in [5, 5.41) is 8.69. The smallest absolute Gasteiger partial charge is 0.312 e. The molecular weight excluding hydrogens is 206 g/mol. The number of esters is 1. The van der Waals surface area contributed by atoms with Crippen LogP contribution in [0, 0.1) is 28.6 Å². The molecule has 0 aromatic carbocycles. The Bertz CT molecular complexity index is 352. The van der Waals surface area contributed by atoms with E-state index in [9.17, 15) is 4.79 Å². The molecule has 2 unspecified atom stereocenters. The van der Waals surface area contributed by atoms with Crippen molar-refractivity contribution in [1.82, 2.24) is 0 Å². The zero-order valence-corrected chi connectivity index (χ0v) is 10.1. The van der Waals surface area contributed by atoms with Crippen LogP contribution in [0.2, 0.25) is 0 Å². The Morgan fingerprint density at radius 3 is 2.69 bits per heavy atom. The average molecular weight is 223 g/mol. The molecule has 1 aliphatic rings. The number of nitriles is 1. The van der Waals surface area contributed by atoms with Crippen molar-refractivity contribution in [3.63, 3.8) is 0 Å². The molecule has 0 bridgehead atoms. The molecule has 2 atom stereocenters. The molecule has 1 aliphatic carbocycles. The lowest BCUT2D eigenvalue weighted by atomic mass is 10.1. The van der Waals surface area contributed by atoms with Crippen molar-refractivity contribution in [3.05, 3.63) is 11.6 Å². The topological polar surface area (TPSA) is 59.3 Å². The number of hydrogen-bond acceptors (Lipinski definition) is 4. The normalized spacial score (nSPS) is 27.1. The fourth-order valence-electron chi connectivity index (χ4n) is 1.95. The van der Waals surface area contributed by atoms with E-state index in [2.05, 4.69) is 10.8 Å². The van der Waals surface area contributed by atoms with E-state index in [4.69, 9.17) is 10.00 Å². The Hall–Kier alpha value is -1.34. The highest BCUT2D eigenvalue weighted by Crippen LogP contribution is 2.59. The molecule has 0 aliphatic heterocycles. The van der Waals surface area contributed by atoms with Gasteiger partial charge in [-0.05, 0) is 18.3 Å². The minimum Gasteiger partial charge on any atom is -0.438 e. The molecule has 0 amide bonds. The van der Waals surface area contributed by atoms with Gasteiger partial charge in [-0.15, -0.1) is 0 Å². The zero-order valence-electron chi connectivity index (χ0n) is 10.1. The van der Waals surface area contributed by atoms with Gasteiger partial charge in [-0.1, -0.05) is 19.9 Å². The van der Waals surface area contributed by atoms with Gasteiger partial charge in [0.15, 0.2) is 6.79 Å². The van der Waals surface area contributed by atoms with Crippen molar-refractivity contribution < 1.29 is 14.3 Å². The number of hydrogen-bond donors (Lipinski definition) is 0. The highest BCUT2D eigenvalue weighted by atomic mass is 16.7. The molecule has 0 aromatic rings. The SMILES string of the molecule is COCOC(=O)C1C(/C=C(\C)C#N)C1(C)C. The van der Waals surface area contributed by atoms with Crippen LogP contribution in [0.5, 0.6) is 0 Å². The van der Waals surface area contributed by atoms with Gasteiger partial charge < -0.3 is 9.47 Å². The van der Waals surface area contributed by atoms with Gasteiger partial charge in [-0.2, -0.15) is 5.26 Å². The van der Waals surface area contributed by atoms with Crippen LogP contribution in [0.25, 0.3) is 0 Å². The van der Waals surface area contributed by atoms with Crippen molar-refractivity contribution >= 4 is 5.97 Å². The standard InChI is InChI=1S/C12H17NO3/c1-8(6-13)5-9-10(12(9,2)3)11(14)16-7-15-4/h5,9-10H,7H2,1-4H3/b8-5+. The van der Waals surface area contributed by atoms with Crippen molar-refractivity contribution in [3.8, 4) is 6.07 Å². The molecule has 88 valence electrons. The first-order chi connectivity index (χ1) is 7.45. The predicted octanol–water partition coefficient (Wildman–Crippen LogP) is 1.88. The Balaban J connectivity index is 2.64. The van der Waals surface area contributed by atoms with E-state index in [0.717, 1.165) is 0 Å². The first-order valence-electron chi connectivity index (χ1n) is 5.19. The summed E-state index contributed by atoms with van der Waals surface area (Å²) in [6, 6.07) is 2.06. The Morgan fingerprint density at radius 2 is 2.19 bits per heavy atom. The molecular formula is C12H17NO3. The van der Waals surface area contributed by atoms with E-state index in [0.29, 0.717) is 5.57 Å². The summed E-state index contributed by atoms with van der Waals surface area (Å²) >= 11 is 0. The highest BCUT2D eigenvalue weighted by molar-refractivity contribution is 5.78. The molecule has 0 heterocycles. The number of nitrogens with zero attached hydrogens (tertiary/aromatic N) is 1. The van der Waals surface area contributed by atoms with Crippen LogP contribution in [0.4, 0.5) is 0 Å². The number of methoxy groups -OCH3 is 1. The van der Waals surface area contributed by atoms with E-state index in [-0.39, 0.29) is 30.0 Å². The zero-order chi connectivity index (χ0) is 12.3. The molecule has 0 saturated heterocycles. The van der Waals surface area contributed by atoms with E-state index >= 15 is 0 Å². The molecule has 0 radical (unpaired) electrons. The number of carbonyl (C=O) groups excluding carboxylic acids is 1. The highest BCUT2D eigenvalue weighted by Gasteiger charge is 2.61. The molecule has 1 fully saturated rings. The van der Waals surface area contributed by atoms with Gasteiger partial charge in [0.1, 0.15) is 0 Å². The lowest BCUT2D eigenvalue weighted by molar-refractivity contribution is -0.156. The van der Waals surface area contributed by atoms with E-state index in [1.54, 1.807) is 6.92 Å². The molecule has 4 heteroatoms. The molecule has 4 nitrogen and oxygen atoms in total. The lowest BCUT2D eigenvalue weighted by Gasteiger charge is -2.03. The van der Waals surface area contributed by atoms with E-state index in [1.165, 1.54) is 7.11 Å². The lowest BCUT2D eigenvalue weighted by Crippen LogP contribution is -2.12. The summed E-state index contributed by atoms with van der Waals surface area (Å²) in [5.41, 5.74) is 0.517. The van der Waals surface area contributed by atoms with Gasteiger partial charge in [0.05, 0.1) is 12.0 Å². The summed E-state index contributed by atoms with van der Waals surface area (Å²) in [6.45, 7) is 5.72.